The average Bonchev–Trinajstić information content (AvgIpc) is 2.87. The highest BCUT2D eigenvalue weighted by Gasteiger charge is 2.17. The van der Waals surface area contributed by atoms with Crippen LogP contribution in [0.3, 0.4) is 0 Å². The smallest absolute Gasteiger partial charge is 0.274 e. The van der Waals surface area contributed by atoms with Crippen LogP contribution < -0.4 is 5.56 Å². The van der Waals surface area contributed by atoms with Crippen LogP contribution >= 0.6 is 23.2 Å². The lowest BCUT2D eigenvalue weighted by molar-refractivity contribution is 1.17. The number of hydrogen-bond donors (Lipinski definition) is 1. The Balaban J connectivity index is 2.26. The molecule has 0 spiro atoms. The van der Waals surface area contributed by atoms with Gasteiger partial charge in [0.05, 0.1) is 21.7 Å². The summed E-state index contributed by atoms with van der Waals surface area (Å²) < 4.78 is 1.82. The summed E-state index contributed by atoms with van der Waals surface area (Å²) in [6.07, 6.45) is 0. The van der Waals surface area contributed by atoms with Crippen molar-refractivity contribution in [3.63, 3.8) is 0 Å². The zero-order chi connectivity index (χ0) is 16.1. The quantitative estimate of drug-likeness (QED) is 0.554. The molecule has 0 aliphatic carbocycles. The van der Waals surface area contributed by atoms with Crippen molar-refractivity contribution in [2.45, 2.75) is 6.92 Å². The minimum atomic E-state index is -0.192. The van der Waals surface area contributed by atoms with Crippen molar-refractivity contribution in [2.75, 3.05) is 0 Å². The van der Waals surface area contributed by atoms with Crippen molar-refractivity contribution in [2.24, 2.45) is 0 Å². The first-order valence-corrected chi connectivity index (χ1v) is 7.77. The Kier molecular flexibility index (Phi) is 3.18. The summed E-state index contributed by atoms with van der Waals surface area (Å²) in [5, 5.41) is 1.16. The summed E-state index contributed by atoms with van der Waals surface area (Å²) >= 11 is 12.5. The van der Waals surface area contributed by atoms with Crippen molar-refractivity contribution in [3.8, 4) is 11.4 Å². The third-order valence-corrected chi connectivity index (χ3v) is 4.40. The highest BCUT2D eigenvalue weighted by molar-refractivity contribution is 6.33. The van der Waals surface area contributed by atoms with E-state index in [9.17, 15) is 4.79 Å². The minimum Gasteiger partial charge on any atom is -0.319 e. The van der Waals surface area contributed by atoms with Gasteiger partial charge in [0.25, 0.3) is 5.56 Å². The summed E-state index contributed by atoms with van der Waals surface area (Å²) in [6.45, 7) is 1.81. The summed E-state index contributed by atoms with van der Waals surface area (Å²) in [4.78, 5) is 19.9. The first-order chi connectivity index (χ1) is 11.1. The predicted octanol–water partition coefficient (Wildman–Crippen LogP) is 4.46. The number of rotatable bonds is 1. The minimum absolute atomic E-state index is 0.192. The van der Waals surface area contributed by atoms with E-state index in [0.29, 0.717) is 32.6 Å². The van der Waals surface area contributed by atoms with Crippen molar-refractivity contribution in [1.29, 1.82) is 0 Å². The number of aromatic nitrogens is 3. The van der Waals surface area contributed by atoms with Gasteiger partial charge in [-0.3, -0.25) is 9.20 Å². The second kappa shape index (κ2) is 5.11. The van der Waals surface area contributed by atoms with Gasteiger partial charge in [-0.15, -0.1) is 0 Å². The maximum Gasteiger partial charge on any atom is 0.274 e. The second-order valence-corrected chi connectivity index (χ2v) is 6.14. The van der Waals surface area contributed by atoms with Crippen LogP contribution in [0.25, 0.3) is 27.9 Å². The molecule has 0 saturated heterocycles. The molecule has 1 N–H and O–H groups in total. The molecule has 0 unspecified atom stereocenters. The standard InChI is InChI=1S/C17H11Cl2N3O/c1-9-15-17(23)21-13-7-6-10(18)8-14(13)22(15)16(20-9)11-4-2-3-5-12(11)19/h2-8H,1H3,(H,21,23). The van der Waals surface area contributed by atoms with Crippen LogP contribution in [0, 0.1) is 6.92 Å². The fourth-order valence-electron chi connectivity index (χ4n) is 2.83. The second-order valence-electron chi connectivity index (χ2n) is 5.30. The first kappa shape index (κ1) is 14.3. The van der Waals surface area contributed by atoms with Crippen LogP contribution in [0.4, 0.5) is 0 Å². The molecule has 4 aromatic rings. The molecular weight excluding hydrogens is 333 g/mol. The highest BCUT2D eigenvalue weighted by Crippen LogP contribution is 2.30. The first-order valence-electron chi connectivity index (χ1n) is 7.02. The van der Waals surface area contributed by atoms with Gasteiger partial charge in [-0.05, 0) is 37.3 Å². The lowest BCUT2D eigenvalue weighted by Gasteiger charge is -2.07. The van der Waals surface area contributed by atoms with E-state index in [1.165, 1.54) is 0 Å². The largest absolute Gasteiger partial charge is 0.319 e. The molecule has 6 heteroatoms. The molecule has 0 amide bonds. The Bertz CT molecular complexity index is 1130. The van der Waals surface area contributed by atoms with Crippen LogP contribution in [0.1, 0.15) is 5.69 Å². The fourth-order valence-corrected chi connectivity index (χ4v) is 3.22. The summed E-state index contributed by atoms with van der Waals surface area (Å²) in [5.74, 6) is 0.626. The van der Waals surface area contributed by atoms with Gasteiger partial charge >= 0.3 is 0 Å². The van der Waals surface area contributed by atoms with Crippen molar-refractivity contribution in [1.82, 2.24) is 14.4 Å². The summed E-state index contributed by atoms with van der Waals surface area (Å²) in [5.41, 5.74) is 3.19. The summed E-state index contributed by atoms with van der Waals surface area (Å²) in [6, 6.07) is 12.8. The molecule has 4 nitrogen and oxygen atoms in total. The molecule has 23 heavy (non-hydrogen) atoms. The van der Waals surface area contributed by atoms with Crippen LogP contribution in [0.5, 0.6) is 0 Å². The molecule has 0 radical (unpaired) electrons. The number of benzene rings is 2. The zero-order valence-corrected chi connectivity index (χ0v) is 13.6. The number of imidazole rings is 1. The van der Waals surface area contributed by atoms with Gasteiger partial charge in [0.1, 0.15) is 11.3 Å². The van der Waals surface area contributed by atoms with Crippen molar-refractivity contribution < 1.29 is 0 Å². The Hall–Kier alpha value is -2.30. The number of aromatic amines is 1. The topological polar surface area (TPSA) is 50.2 Å². The number of nitrogens with zero attached hydrogens (tertiary/aromatic N) is 2. The predicted molar refractivity (Wildman–Crippen MR) is 93.5 cm³/mol. The maximum atomic E-state index is 12.4. The molecule has 0 atom stereocenters. The van der Waals surface area contributed by atoms with E-state index >= 15 is 0 Å². The van der Waals surface area contributed by atoms with Gasteiger partial charge in [0.15, 0.2) is 0 Å². The van der Waals surface area contributed by atoms with Crippen LogP contribution in [0.15, 0.2) is 47.3 Å². The number of H-pyrrole nitrogens is 1. The van der Waals surface area contributed by atoms with E-state index in [-0.39, 0.29) is 5.56 Å². The molecule has 2 heterocycles. The lowest BCUT2D eigenvalue weighted by atomic mass is 10.2. The van der Waals surface area contributed by atoms with E-state index in [4.69, 9.17) is 23.2 Å². The molecule has 2 aromatic carbocycles. The van der Waals surface area contributed by atoms with E-state index in [2.05, 4.69) is 9.97 Å². The SMILES string of the molecule is Cc1nc(-c2ccccc2Cl)n2c1c(=O)[nH]c1ccc(Cl)cc12. The molecule has 4 rings (SSSR count). The maximum absolute atomic E-state index is 12.4. The fraction of sp³-hybridized carbons (Fsp3) is 0.0588. The molecule has 2 aromatic heterocycles. The molecule has 0 aliphatic rings. The van der Waals surface area contributed by atoms with Crippen LogP contribution in [-0.2, 0) is 0 Å². The zero-order valence-electron chi connectivity index (χ0n) is 12.1. The Morgan fingerprint density at radius 1 is 1.13 bits per heavy atom. The van der Waals surface area contributed by atoms with Crippen molar-refractivity contribution in [3.05, 3.63) is 68.6 Å². The highest BCUT2D eigenvalue weighted by atomic mass is 35.5. The van der Waals surface area contributed by atoms with Gasteiger partial charge in [-0.25, -0.2) is 4.98 Å². The van der Waals surface area contributed by atoms with Gasteiger partial charge in [-0.2, -0.15) is 0 Å². The van der Waals surface area contributed by atoms with E-state index in [1.54, 1.807) is 31.2 Å². The van der Waals surface area contributed by atoms with E-state index in [0.717, 1.165) is 11.1 Å². The molecule has 0 fully saturated rings. The third kappa shape index (κ3) is 2.14. The number of nitrogens with one attached hydrogen (secondary N) is 1. The molecule has 0 aliphatic heterocycles. The number of halogens is 2. The average molecular weight is 344 g/mol. The van der Waals surface area contributed by atoms with Gasteiger partial charge in [0, 0.05) is 10.6 Å². The number of aryl methyl sites for hydroxylation is 1. The lowest BCUT2D eigenvalue weighted by Crippen LogP contribution is -2.11. The Labute approximate surface area is 141 Å². The van der Waals surface area contributed by atoms with Gasteiger partial charge in [-0.1, -0.05) is 35.3 Å². The number of hydrogen-bond acceptors (Lipinski definition) is 2. The van der Waals surface area contributed by atoms with Gasteiger partial charge in [0.2, 0.25) is 0 Å². The molecular formula is C17H11Cl2N3O. The monoisotopic (exact) mass is 343 g/mol. The van der Waals surface area contributed by atoms with E-state index in [1.807, 2.05) is 22.6 Å². The Morgan fingerprint density at radius 3 is 2.70 bits per heavy atom. The Morgan fingerprint density at radius 2 is 1.91 bits per heavy atom. The van der Waals surface area contributed by atoms with Gasteiger partial charge < -0.3 is 4.98 Å². The number of fused-ring (bicyclic) bond motifs is 3. The van der Waals surface area contributed by atoms with E-state index < -0.39 is 0 Å². The molecule has 114 valence electrons. The van der Waals surface area contributed by atoms with Crippen LogP contribution in [0.2, 0.25) is 10.0 Å². The van der Waals surface area contributed by atoms with Crippen LogP contribution in [-0.4, -0.2) is 14.4 Å². The normalized spacial score (nSPS) is 11.4. The third-order valence-electron chi connectivity index (χ3n) is 3.83. The van der Waals surface area contributed by atoms with Crippen molar-refractivity contribution >= 4 is 39.8 Å². The summed E-state index contributed by atoms with van der Waals surface area (Å²) in [7, 11) is 0. The molecule has 0 bridgehead atoms. The molecule has 0 saturated carbocycles.